The topological polar surface area (TPSA) is 160 Å². The maximum atomic E-state index is 13.1. The number of carbonyl (C=O) groups excluding carboxylic acids is 2. The highest BCUT2D eigenvalue weighted by Crippen LogP contribution is 2.31. The van der Waals surface area contributed by atoms with Crippen molar-refractivity contribution in [1.82, 2.24) is 21.3 Å². The molecule has 2 aromatic carbocycles. The van der Waals surface area contributed by atoms with Crippen LogP contribution in [0.2, 0.25) is 0 Å². The lowest BCUT2D eigenvalue weighted by atomic mass is 9.95. The lowest BCUT2D eigenvalue weighted by molar-refractivity contribution is -0.142. The van der Waals surface area contributed by atoms with Gasteiger partial charge < -0.3 is 36.6 Å². The molecule has 0 fully saturated rings. The Morgan fingerprint density at radius 1 is 0.919 bits per heavy atom. The number of carboxylic acid groups (broad SMARTS) is 1. The Morgan fingerprint density at radius 3 is 2.00 bits per heavy atom. The molecule has 37 heavy (non-hydrogen) atoms. The fraction of sp³-hybridized carbons (Fsp3) is 0.444. The van der Waals surface area contributed by atoms with Crippen LogP contribution in [0, 0.1) is 0 Å². The summed E-state index contributed by atoms with van der Waals surface area (Å²) in [6.45, 7) is 4.61. The van der Waals surface area contributed by atoms with Crippen molar-refractivity contribution in [2.45, 2.75) is 57.7 Å². The highest BCUT2D eigenvalue weighted by molar-refractivity contribution is 5.92. The van der Waals surface area contributed by atoms with Crippen molar-refractivity contribution >= 4 is 17.8 Å². The van der Waals surface area contributed by atoms with E-state index in [-0.39, 0.29) is 24.3 Å². The predicted molar refractivity (Wildman–Crippen MR) is 141 cm³/mol. The minimum Gasteiger partial charge on any atom is -0.508 e. The molecule has 1 aliphatic rings. The summed E-state index contributed by atoms with van der Waals surface area (Å²) in [6, 6.07) is 6.79. The van der Waals surface area contributed by atoms with Gasteiger partial charge in [-0.2, -0.15) is 0 Å². The molecule has 0 aromatic heterocycles. The monoisotopic (exact) mass is 514 g/mol. The molecule has 1 aliphatic heterocycles. The van der Waals surface area contributed by atoms with Crippen LogP contribution in [0.4, 0.5) is 0 Å². The minimum atomic E-state index is -1.31. The minimum absolute atomic E-state index is 0.0272. The summed E-state index contributed by atoms with van der Waals surface area (Å²) in [4.78, 5) is 38.2. The maximum Gasteiger partial charge on any atom is 0.326 e. The van der Waals surface area contributed by atoms with Crippen LogP contribution in [-0.4, -0.2) is 71.9 Å². The average Bonchev–Trinajstić information content (AvgIpc) is 2.89. The molecule has 3 atom stereocenters. The summed E-state index contributed by atoms with van der Waals surface area (Å²) in [6.07, 6.45) is 0.878. The molecule has 0 saturated carbocycles. The Hall–Kier alpha value is -3.63. The predicted octanol–water partition coefficient (Wildman–Crippen LogP) is 1.53. The van der Waals surface area contributed by atoms with Crippen molar-refractivity contribution in [3.63, 3.8) is 0 Å². The summed E-state index contributed by atoms with van der Waals surface area (Å²) in [5.41, 5.74) is 2.30. The van der Waals surface area contributed by atoms with Gasteiger partial charge in [-0.05, 0) is 80.0 Å². The number of benzene rings is 2. The third kappa shape index (κ3) is 7.93. The molecule has 202 valence electrons. The smallest absolute Gasteiger partial charge is 0.326 e. The number of rotatable bonds is 6. The quantitative estimate of drug-likeness (QED) is 0.286. The first-order valence-corrected chi connectivity index (χ1v) is 12.5. The second-order valence-electron chi connectivity index (χ2n) is 8.64. The summed E-state index contributed by atoms with van der Waals surface area (Å²) in [5.74, 6) is -2.38. The molecule has 0 radical (unpaired) electrons. The normalized spacial score (nSPS) is 19.8. The molecule has 10 heteroatoms. The molecule has 7 N–H and O–H groups in total. The first-order valence-electron chi connectivity index (χ1n) is 12.5. The number of fused-ring (bicyclic) bond motifs is 5. The van der Waals surface area contributed by atoms with Crippen molar-refractivity contribution in [2.24, 2.45) is 0 Å². The molecule has 0 saturated heterocycles. The van der Waals surface area contributed by atoms with Crippen molar-refractivity contribution < 1.29 is 29.7 Å². The molecule has 1 heterocycles. The van der Waals surface area contributed by atoms with Gasteiger partial charge in [0.2, 0.25) is 11.8 Å². The van der Waals surface area contributed by atoms with E-state index in [1.807, 2.05) is 13.8 Å². The Labute approximate surface area is 217 Å². The van der Waals surface area contributed by atoms with Crippen LogP contribution in [0.15, 0.2) is 36.4 Å². The number of hydrogen-bond donors (Lipinski definition) is 7. The number of carbonyl (C=O) groups is 3. The molecule has 0 aliphatic carbocycles. The highest BCUT2D eigenvalue weighted by atomic mass is 16.4. The molecular formula is C27H38N4O6. The third-order valence-corrected chi connectivity index (χ3v) is 6.17. The Balaban J connectivity index is 0.00000235. The van der Waals surface area contributed by atoms with Crippen molar-refractivity contribution in [1.29, 1.82) is 0 Å². The molecule has 4 bridgehead atoms. The highest BCUT2D eigenvalue weighted by Gasteiger charge is 2.29. The van der Waals surface area contributed by atoms with E-state index in [0.717, 1.165) is 5.56 Å². The van der Waals surface area contributed by atoms with Gasteiger partial charge in [-0.3, -0.25) is 9.59 Å². The van der Waals surface area contributed by atoms with Gasteiger partial charge in [-0.15, -0.1) is 0 Å². The van der Waals surface area contributed by atoms with Crippen LogP contribution >= 0.6 is 0 Å². The SMILES string of the molecule is CC.CNCCC[C@@H]1NC(=O)[C@@H](NC)Cc2cc(ccc2O)-c2ccc(O)c(c2)C[C@@H](C(=O)O)NC1=O. The van der Waals surface area contributed by atoms with Gasteiger partial charge in [0, 0.05) is 12.8 Å². The van der Waals surface area contributed by atoms with E-state index in [1.54, 1.807) is 38.4 Å². The van der Waals surface area contributed by atoms with E-state index in [2.05, 4.69) is 21.3 Å². The van der Waals surface area contributed by atoms with Gasteiger partial charge in [-0.25, -0.2) is 4.79 Å². The van der Waals surface area contributed by atoms with Crippen LogP contribution < -0.4 is 21.3 Å². The van der Waals surface area contributed by atoms with Crippen LogP contribution in [0.3, 0.4) is 0 Å². The van der Waals surface area contributed by atoms with Crippen LogP contribution in [0.5, 0.6) is 11.5 Å². The van der Waals surface area contributed by atoms with Gasteiger partial charge in [0.25, 0.3) is 0 Å². The lowest BCUT2D eigenvalue weighted by Gasteiger charge is -2.24. The van der Waals surface area contributed by atoms with Crippen molar-refractivity contribution in [2.75, 3.05) is 20.6 Å². The van der Waals surface area contributed by atoms with Crippen molar-refractivity contribution in [3.05, 3.63) is 47.5 Å². The average molecular weight is 515 g/mol. The van der Waals surface area contributed by atoms with E-state index >= 15 is 0 Å². The zero-order valence-corrected chi connectivity index (χ0v) is 21.8. The number of likely N-dealkylation sites (N-methyl/N-ethyl adjacent to an activating group) is 1. The number of hydrogen-bond acceptors (Lipinski definition) is 7. The molecule has 0 spiro atoms. The third-order valence-electron chi connectivity index (χ3n) is 6.17. The van der Waals surface area contributed by atoms with E-state index < -0.39 is 35.9 Å². The molecular weight excluding hydrogens is 476 g/mol. The van der Waals surface area contributed by atoms with Gasteiger partial charge in [0.1, 0.15) is 23.6 Å². The van der Waals surface area contributed by atoms with Gasteiger partial charge in [0.15, 0.2) is 0 Å². The van der Waals surface area contributed by atoms with E-state index in [4.69, 9.17) is 0 Å². The second kappa shape index (κ2) is 14.2. The molecule has 2 amide bonds. The van der Waals surface area contributed by atoms with E-state index in [0.29, 0.717) is 36.1 Å². The maximum absolute atomic E-state index is 13.1. The zero-order valence-electron chi connectivity index (χ0n) is 21.8. The van der Waals surface area contributed by atoms with E-state index in [9.17, 15) is 29.7 Å². The molecule has 2 aromatic rings. The number of carboxylic acids is 1. The molecule has 3 rings (SSSR count). The second-order valence-corrected chi connectivity index (χ2v) is 8.64. The van der Waals surface area contributed by atoms with E-state index in [1.165, 1.54) is 12.1 Å². The number of phenolic OH excluding ortho intramolecular Hbond substituents is 2. The number of amides is 2. The van der Waals surface area contributed by atoms with Gasteiger partial charge in [0.05, 0.1) is 6.04 Å². The zero-order chi connectivity index (χ0) is 27.5. The Kier molecular flexibility index (Phi) is 11.4. The number of aromatic hydroxyl groups is 2. The number of nitrogens with one attached hydrogen (secondary N) is 4. The standard InChI is InChI=1S/C25H32N4O6.C2H6/c1-26-9-3-4-18-23(32)29-20(25(34)35)13-17-11-15(6-8-22(17)31)14-5-7-21(30)16(10-14)12-19(27-2)24(33)28-18;1-2/h5-8,10-11,18-20,26-27,30-31H,3-4,9,12-13H2,1-2H3,(H,28,33)(H,29,32)(H,34,35);1-2H3/t18-,19-,20-;/m0./s1. The molecule has 0 unspecified atom stereocenters. The Morgan fingerprint density at radius 2 is 1.49 bits per heavy atom. The van der Waals surface area contributed by atoms with Gasteiger partial charge in [-0.1, -0.05) is 26.0 Å². The fourth-order valence-corrected chi connectivity index (χ4v) is 4.12. The summed E-state index contributed by atoms with van der Waals surface area (Å²) < 4.78 is 0. The molecule has 10 nitrogen and oxygen atoms in total. The first kappa shape index (κ1) is 29.6. The number of aliphatic carboxylic acids is 1. The van der Waals surface area contributed by atoms with Crippen molar-refractivity contribution in [3.8, 4) is 22.6 Å². The van der Waals surface area contributed by atoms with Crippen LogP contribution in [0.1, 0.15) is 37.8 Å². The Bertz CT molecular complexity index is 1090. The summed E-state index contributed by atoms with van der Waals surface area (Å²) in [5, 5.41) is 41.8. The van der Waals surface area contributed by atoms with Crippen LogP contribution in [0.25, 0.3) is 11.1 Å². The number of phenols is 2. The first-order chi connectivity index (χ1) is 17.7. The van der Waals surface area contributed by atoms with Crippen LogP contribution in [-0.2, 0) is 27.2 Å². The largest absolute Gasteiger partial charge is 0.508 e. The fourth-order valence-electron chi connectivity index (χ4n) is 4.12. The van der Waals surface area contributed by atoms with Gasteiger partial charge >= 0.3 is 5.97 Å². The summed E-state index contributed by atoms with van der Waals surface area (Å²) >= 11 is 0. The lowest BCUT2D eigenvalue weighted by Crippen LogP contribution is -2.55. The summed E-state index contributed by atoms with van der Waals surface area (Å²) in [7, 11) is 3.38.